The van der Waals surface area contributed by atoms with Gasteiger partial charge in [0.05, 0.1) is 16.3 Å². The van der Waals surface area contributed by atoms with Gasteiger partial charge >= 0.3 is 0 Å². The van der Waals surface area contributed by atoms with Crippen LogP contribution in [0.3, 0.4) is 0 Å². The van der Waals surface area contributed by atoms with E-state index in [0.29, 0.717) is 25.8 Å². The number of aromatic amines is 1. The van der Waals surface area contributed by atoms with Gasteiger partial charge in [0.2, 0.25) is 5.16 Å². The summed E-state index contributed by atoms with van der Waals surface area (Å²) in [6, 6.07) is 5.65. The SMILES string of the molecule is Cc1nc(Sc2nc(Cl)c(/C=C3\SC(=O)N(Cc4ccc(F)cc4)C3=O)s2)n[nH]1. The van der Waals surface area contributed by atoms with Gasteiger partial charge in [0, 0.05) is 0 Å². The number of halogens is 2. The number of hydrogen-bond acceptors (Lipinski definition) is 8. The molecule has 7 nitrogen and oxygen atoms in total. The van der Waals surface area contributed by atoms with Gasteiger partial charge in [-0.2, -0.15) is 0 Å². The third-order valence-corrected chi connectivity index (χ3v) is 6.97. The van der Waals surface area contributed by atoms with Gasteiger partial charge in [-0.25, -0.2) is 14.4 Å². The van der Waals surface area contributed by atoms with Crippen molar-refractivity contribution in [3.63, 3.8) is 0 Å². The number of benzene rings is 1. The third-order valence-electron chi connectivity index (χ3n) is 3.74. The number of rotatable bonds is 5. The minimum atomic E-state index is -0.424. The fourth-order valence-corrected chi connectivity index (χ4v) is 5.51. The van der Waals surface area contributed by atoms with E-state index < -0.39 is 11.1 Å². The van der Waals surface area contributed by atoms with E-state index in [0.717, 1.165) is 16.7 Å². The second kappa shape index (κ2) is 8.27. The Kier molecular flexibility index (Phi) is 5.72. The van der Waals surface area contributed by atoms with Crippen LogP contribution in [0.5, 0.6) is 0 Å². The maximum Gasteiger partial charge on any atom is 0.293 e. The molecule has 3 aromatic rings. The molecule has 0 radical (unpaired) electrons. The summed E-state index contributed by atoms with van der Waals surface area (Å²) in [6.45, 7) is 1.86. The summed E-state index contributed by atoms with van der Waals surface area (Å²) in [6.07, 6.45) is 1.56. The zero-order valence-corrected chi connectivity index (χ0v) is 17.9. The zero-order chi connectivity index (χ0) is 20.5. The van der Waals surface area contributed by atoms with Crippen LogP contribution in [0.2, 0.25) is 5.15 Å². The first-order chi connectivity index (χ1) is 13.9. The standard InChI is InChI=1S/C17H11ClFN5O2S3/c1-8-20-15(23-22-8)29-16-21-13(18)11(27-16)6-12-14(25)24(17(26)28-12)7-9-2-4-10(19)5-3-9/h2-6H,7H2,1H3,(H,20,22,23)/b12-6-. The molecule has 0 spiro atoms. The van der Waals surface area contributed by atoms with Crippen molar-refractivity contribution < 1.29 is 14.0 Å². The minimum Gasteiger partial charge on any atom is -0.268 e. The van der Waals surface area contributed by atoms with Crippen LogP contribution in [0.25, 0.3) is 6.08 Å². The van der Waals surface area contributed by atoms with Gasteiger partial charge in [0.15, 0.2) is 4.34 Å². The van der Waals surface area contributed by atoms with Crippen molar-refractivity contribution in [2.75, 3.05) is 0 Å². The summed E-state index contributed by atoms with van der Waals surface area (Å²) in [5.41, 5.74) is 0.659. The Balaban J connectivity index is 1.51. The highest BCUT2D eigenvalue weighted by Gasteiger charge is 2.35. The van der Waals surface area contributed by atoms with E-state index in [4.69, 9.17) is 11.6 Å². The van der Waals surface area contributed by atoms with Crippen LogP contribution in [-0.2, 0) is 11.3 Å². The van der Waals surface area contributed by atoms with E-state index in [1.54, 1.807) is 13.0 Å². The Labute approximate surface area is 181 Å². The number of hydrogen-bond donors (Lipinski definition) is 1. The lowest BCUT2D eigenvalue weighted by Crippen LogP contribution is -2.27. The summed E-state index contributed by atoms with van der Waals surface area (Å²) >= 11 is 9.55. The van der Waals surface area contributed by atoms with Gasteiger partial charge in [0.25, 0.3) is 11.1 Å². The molecule has 4 rings (SSSR count). The number of amides is 2. The van der Waals surface area contributed by atoms with Gasteiger partial charge < -0.3 is 0 Å². The van der Waals surface area contributed by atoms with Crippen molar-refractivity contribution in [1.82, 2.24) is 25.1 Å². The van der Waals surface area contributed by atoms with Gasteiger partial charge in [-0.05, 0) is 54.2 Å². The fraction of sp³-hybridized carbons (Fsp3) is 0.118. The van der Waals surface area contributed by atoms with Gasteiger partial charge in [-0.3, -0.25) is 19.6 Å². The molecule has 0 aliphatic carbocycles. The molecular weight excluding hydrogens is 457 g/mol. The minimum absolute atomic E-state index is 0.0734. The Hall–Kier alpha value is -2.21. The van der Waals surface area contributed by atoms with E-state index in [2.05, 4.69) is 20.2 Å². The smallest absolute Gasteiger partial charge is 0.268 e. The normalized spacial score (nSPS) is 15.7. The van der Waals surface area contributed by atoms with Crippen molar-refractivity contribution in [2.24, 2.45) is 0 Å². The summed E-state index contributed by atoms with van der Waals surface area (Å²) < 4.78 is 13.7. The van der Waals surface area contributed by atoms with Gasteiger partial charge in [-0.1, -0.05) is 23.7 Å². The highest BCUT2D eigenvalue weighted by Crippen LogP contribution is 2.38. The molecule has 0 bridgehead atoms. The highest BCUT2D eigenvalue weighted by molar-refractivity contribution is 8.18. The molecule has 2 aromatic heterocycles. The lowest BCUT2D eigenvalue weighted by Gasteiger charge is -2.12. The van der Waals surface area contributed by atoms with E-state index >= 15 is 0 Å². The average molecular weight is 468 g/mol. The topological polar surface area (TPSA) is 91.8 Å². The molecule has 0 unspecified atom stereocenters. The zero-order valence-electron chi connectivity index (χ0n) is 14.7. The molecule has 0 atom stereocenters. The lowest BCUT2D eigenvalue weighted by molar-refractivity contribution is -0.123. The number of aromatic nitrogens is 4. The monoisotopic (exact) mass is 467 g/mol. The number of carbonyl (C=O) groups excluding carboxylic acids is 2. The van der Waals surface area contributed by atoms with Crippen LogP contribution < -0.4 is 0 Å². The molecule has 1 aromatic carbocycles. The van der Waals surface area contributed by atoms with Gasteiger partial charge in [-0.15, -0.1) is 16.4 Å². The molecule has 1 N–H and O–H groups in total. The van der Waals surface area contributed by atoms with Crippen LogP contribution in [0.4, 0.5) is 9.18 Å². The van der Waals surface area contributed by atoms with Crippen LogP contribution in [0.1, 0.15) is 16.3 Å². The maximum atomic E-state index is 13.0. The summed E-state index contributed by atoms with van der Waals surface area (Å²) in [5, 5.41) is 7.13. The molecule has 1 aliphatic rings. The molecule has 2 amide bonds. The number of thioether (sulfide) groups is 1. The van der Waals surface area contributed by atoms with Gasteiger partial charge in [0.1, 0.15) is 16.8 Å². The van der Waals surface area contributed by atoms with Crippen molar-refractivity contribution in [3.05, 3.63) is 56.4 Å². The molecule has 1 saturated heterocycles. The van der Waals surface area contributed by atoms with Crippen LogP contribution >= 0.6 is 46.5 Å². The van der Waals surface area contributed by atoms with Crippen molar-refractivity contribution >= 4 is 63.7 Å². The Bertz CT molecular complexity index is 1130. The van der Waals surface area contributed by atoms with Crippen molar-refractivity contribution in [1.29, 1.82) is 0 Å². The molecule has 3 heterocycles. The summed E-state index contributed by atoms with van der Waals surface area (Å²) in [7, 11) is 0. The first kappa shape index (κ1) is 20.1. The largest absolute Gasteiger partial charge is 0.293 e. The lowest BCUT2D eigenvalue weighted by atomic mass is 10.2. The van der Waals surface area contributed by atoms with E-state index in [9.17, 15) is 14.0 Å². The maximum absolute atomic E-state index is 13.0. The number of aryl methyl sites for hydroxylation is 1. The van der Waals surface area contributed by atoms with Crippen LogP contribution in [0.15, 0.2) is 38.7 Å². The Morgan fingerprint density at radius 2 is 2.03 bits per heavy atom. The first-order valence-corrected chi connectivity index (χ1v) is 10.9. The number of nitrogens with one attached hydrogen (secondary N) is 1. The molecule has 1 fully saturated rings. The number of H-pyrrole nitrogens is 1. The number of imide groups is 1. The molecule has 148 valence electrons. The Morgan fingerprint density at radius 1 is 1.28 bits per heavy atom. The number of nitrogens with zero attached hydrogens (tertiary/aromatic N) is 4. The fourth-order valence-electron chi connectivity index (χ4n) is 2.40. The molecule has 12 heteroatoms. The molecule has 0 saturated carbocycles. The second-order valence-corrected chi connectivity index (χ2v) is 9.43. The van der Waals surface area contributed by atoms with E-state index in [-0.39, 0.29) is 22.4 Å². The van der Waals surface area contributed by atoms with Crippen LogP contribution in [0, 0.1) is 12.7 Å². The average Bonchev–Trinajstić information content (AvgIpc) is 3.32. The highest BCUT2D eigenvalue weighted by atomic mass is 35.5. The Morgan fingerprint density at radius 3 is 2.72 bits per heavy atom. The first-order valence-electron chi connectivity index (χ1n) is 8.12. The summed E-state index contributed by atoms with van der Waals surface area (Å²) in [4.78, 5) is 35.3. The van der Waals surface area contributed by atoms with Crippen molar-refractivity contribution in [2.45, 2.75) is 23.0 Å². The van der Waals surface area contributed by atoms with Crippen molar-refractivity contribution in [3.8, 4) is 0 Å². The van der Waals surface area contributed by atoms with E-state index in [1.165, 1.54) is 47.4 Å². The molecule has 29 heavy (non-hydrogen) atoms. The second-order valence-electron chi connectivity index (χ2n) is 5.83. The number of carbonyl (C=O) groups is 2. The molecule has 1 aliphatic heterocycles. The number of thiazole rings is 1. The predicted octanol–water partition coefficient (Wildman–Crippen LogP) is 4.75. The summed E-state index contributed by atoms with van der Waals surface area (Å²) in [5.74, 6) is -0.116. The molecular formula is C17H11ClFN5O2S3. The van der Waals surface area contributed by atoms with E-state index in [1.807, 2.05) is 0 Å². The quantitative estimate of drug-likeness (QED) is 0.541. The predicted molar refractivity (Wildman–Crippen MR) is 110 cm³/mol. The third kappa shape index (κ3) is 4.53. The van der Waals surface area contributed by atoms with Crippen LogP contribution in [-0.4, -0.2) is 36.2 Å².